The number of methoxy groups -OCH3 is 1. The molecule has 1 rings (SSSR count). The van der Waals surface area contributed by atoms with Gasteiger partial charge in [-0.25, -0.2) is 0 Å². The minimum atomic E-state index is -0.884. The van der Waals surface area contributed by atoms with Crippen molar-refractivity contribution in [1.29, 1.82) is 0 Å². The number of esters is 1. The molecule has 4 heteroatoms. The average molecular weight is 232 g/mol. The second-order valence-corrected chi connectivity index (χ2v) is 5.54. The van der Waals surface area contributed by atoms with E-state index in [1.165, 1.54) is 7.11 Å². The Balaban J connectivity index is 2.83. The first-order valence-corrected chi connectivity index (χ1v) is 6.53. The second-order valence-electron chi connectivity index (χ2n) is 4.09. The first-order chi connectivity index (χ1) is 7.06. The van der Waals surface area contributed by atoms with Crippen molar-refractivity contribution in [2.75, 3.05) is 12.9 Å². The fraction of sp³-hybridized carbons (Fsp3) is 0.909. The van der Waals surface area contributed by atoms with Crippen molar-refractivity contribution in [2.45, 2.75) is 44.0 Å². The number of hydrogen-bond acceptors (Lipinski definition) is 4. The van der Waals surface area contributed by atoms with Gasteiger partial charge in [-0.15, -0.1) is 0 Å². The lowest BCUT2D eigenvalue weighted by Gasteiger charge is -2.41. The van der Waals surface area contributed by atoms with Crippen molar-refractivity contribution in [3.63, 3.8) is 0 Å². The highest BCUT2D eigenvalue weighted by atomic mass is 32.2. The highest BCUT2D eigenvalue weighted by Crippen LogP contribution is 2.40. The Hall–Kier alpha value is -0.220. The Morgan fingerprint density at radius 2 is 2.40 bits per heavy atom. The van der Waals surface area contributed by atoms with Gasteiger partial charge in [-0.05, 0) is 25.0 Å². The maximum absolute atomic E-state index is 11.6. The van der Waals surface area contributed by atoms with Crippen molar-refractivity contribution in [3.8, 4) is 0 Å². The predicted molar refractivity (Wildman–Crippen MR) is 61.9 cm³/mol. The number of rotatable bonds is 3. The SMILES string of the molecule is CCC(C(=O)OC)C1(O)CCCSC1C. The first kappa shape index (κ1) is 12.8. The van der Waals surface area contributed by atoms with E-state index in [4.69, 9.17) is 4.74 Å². The molecule has 1 fully saturated rings. The van der Waals surface area contributed by atoms with Gasteiger partial charge in [0.1, 0.15) is 0 Å². The van der Waals surface area contributed by atoms with E-state index in [1.807, 2.05) is 13.8 Å². The summed E-state index contributed by atoms with van der Waals surface area (Å²) >= 11 is 1.74. The largest absolute Gasteiger partial charge is 0.469 e. The van der Waals surface area contributed by atoms with Gasteiger partial charge in [0, 0.05) is 5.25 Å². The molecule has 3 unspecified atom stereocenters. The van der Waals surface area contributed by atoms with Crippen LogP contribution >= 0.6 is 11.8 Å². The summed E-state index contributed by atoms with van der Waals surface area (Å²) in [7, 11) is 1.38. The van der Waals surface area contributed by atoms with E-state index < -0.39 is 5.60 Å². The molecule has 1 aliphatic rings. The van der Waals surface area contributed by atoms with Crippen LogP contribution in [0.2, 0.25) is 0 Å². The molecule has 0 spiro atoms. The molecule has 0 radical (unpaired) electrons. The molecule has 3 atom stereocenters. The lowest BCUT2D eigenvalue weighted by molar-refractivity contribution is -0.156. The zero-order valence-electron chi connectivity index (χ0n) is 9.66. The lowest BCUT2D eigenvalue weighted by atomic mass is 9.79. The normalized spacial score (nSPS) is 33.5. The van der Waals surface area contributed by atoms with Crippen molar-refractivity contribution in [2.24, 2.45) is 5.92 Å². The monoisotopic (exact) mass is 232 g/mol. The topological polar surface area (TPSA) is 46.5 Å². The molecule has 1 N–H and O–H groups in total. The Kier molecular flexibility index (Phi) is 4.46. The lowest BCUT2D eigenvalue weighted by Crippen LogP contribution is -2.51. The minimum absolute atomic E-state index is 0.107. The molecule has 0 aliphatic carbocycles. The van der Waals surface area contributed by atoms with Gasteiger partial charge in [0.2, 0.25) is 0 Å². The van der Waals surface area contributed by atoms with Gasteiger partial charge in [0.25, 0.3) is 0 Å². The van der Waals surface area contributed by atoms with Gasteiger partial charge in [0.15, 0.2) is 0 Å². The van der Waals surface area contributed by atoms with Crippen molar-refractivity contribution >= 4 is 17.7 Å². The van der Waals surface area contributed by atoms with Crippen LogP contribution in [0.5, 0.6) is 0 Å². The fourth-order valence-electron chi connectivity index (χ4n) is 2.29. The molecular weight excluding hydrogens is 212 g/mol. The van der Waals surface area contributed by atoms with Gasteiger partial charge in [-0.3, -0.25) is 4.79 Å². The Morgan fingerprint density at radius 3 is 2.87 bits per heavy atom. The molecule has 1 saturated heterocycles. The average Bonchev–Trinajstić information content (AvgIpc) is 2.23. The molecule has 0 amide bonds. The highest BCUT2D eigenvalue weighted by Gasteiger charge is 2.46. The summed E-state index contributed by atoms with van der Waals surface area (Å²) in [5, 5.41) is 10.7. The van der Waals surface area contributed by atoms with E-state index in [2.05, 4.69) is 0 Å². The molecule has 3 nitrogen and oxygen atoms in total. The van der Waals surface area contributed by atoms with Crippen LogP contribution in [0, 0.1) is 5.92 Å². The van der Waals surface area contributed by atoms with Crippen molar-refractivity contribution in [3.05, 3.63) is 0 Å². The van der Waals surface area contributed by atoms with Crippen LogP contribution in [0.4, 0.5) is 0 Å². The van der Waals surface area contributed by atoms with E-state index in [0.717, 1.165) is 12.2 Å². The van der Waals surface area contributed by atoms with Gasteiger partial charge >= 0.3 is 5.97 Å². The van der Waals surface area contributed by atoms with E-state index in [0.29, 0.717) is 12.8 Å². The summed E-state index contributed by atoms with van der Waals surface area (Å²) in [6.07, 6.45) is 2.31. The summed E-state index contributed by atoms with van der Waals surface area (Å²) in [4.78, 5) is 11.6. The Morgan fingerprint density at radius 1 is 1.73 bits per heavy atom. The summed E-state index contributed by atoms with van der Waals surface area (Å²) in [6.45, 7) is 3.92. The standard InChI is InChI=1S/C11H20O3S/c1-4-9(10(12)14-3)11(13)6-5-7-15-8(11)2/h8-9,13H,4-7H2,1-3H3. The molecule has 0 aromatic rings. The predicted octanol–water partition coefficient (Wildman–Crippen LogP) is 1.83. The van der Waals surface area contributed by atoms with Crippen LogP contribution in [0.15, 0.2) is 0 Å². The number of thioether (sulfide) groups is 1. The summed E-state index contributed by atoms with van der Waals surface area (Å²) < 4.78 is 4.76. The quantitative estimate of drug-likeness (QED) is 0.754. The smallest absolute Gasteiger partial charge is 0.311 e. The van der Waals surface area contributed by atoms with Crippen LogP contribution < -0.4 is 0 Å². The van der Waals surface area contributed by atoms with Crippen molar-refractivity contribution < 1.29 is 14.6 Å². The van der Waals surface area contributed by atoms with E-state index in [-0.39, 0.29) is 17.1 Å². The second kappa shape index (κ2) is 5.21. The van der Waals surface area contributed by atoms with Gasteiger partial charge in [-0.2, -0.15) is 11.8 Å². The number of hydrogen-bond donors (Lipinski definition) is 1. The van der Waals surface area contributed by atoms with Crippen LogP contribution in [0.25, 0.3) is 0 Å². The van der Waals surface area contributed by atoms with Gasteiger partial charge < -0.3 is 9.84 Å². The number of aliphatic hydroxyl groups is 1. The molecule has 1 heterocycles. The molecule has 88 valence electrons. The third kappa shape index (κ3) is 2.48. The summed E-state index contributed by atoms with van der Waals surface area (Å²) in [5.74, 6) is 0.404. The zero-order valence-corrected chi connectivity index (χ0v) is 10.5. The molecule has 15 heavy (non-hydrogen) atoms. The summed E-state index contributed by atoms with van der Waals surface area (Å²) in [5.41, 5.74) is -0.884. The molecular formula is C11H20O3S. The molecule has 1 aliphatic heterocycles. The van der Waals surface area contributed by atoms with E-state index in [9.17, 15) is 9.90 Å². The first-order valence-electron chi connectivity index (χ1n) is 5.48. The third-order valence-corrected chi connectivity index (χ3v) is 4.72. The molecule has 0 bridgehead atoms. The maximum Gasteiger partial charge on any atom is 0.311 e. The zero-order chi connectivity index (χ0) is 11.5. The van der Waals surface area contributed by atoms with Crippen LogP contribution in [-0.4, -0.2) is 34.8 Å². The van der Waals surface area contributed by atoms with Gasteiger partial charge in [0.05, 0.1) is 18.6 Å². The minimum Gasteiger partial charge on any atom is -0.469 e. The Bertz CT molecular complexity index is 232. The maximum atomic E-state index is 11.6. The fourth-order valence-corrected chi connectivity index (χ4v) is 3.52. The molecule has 0 saturated carbocycles. The van der Waals surface area contributed by atoms with Gasteiger partial charge in [-0.1, -0.05) is 13.8 Å². The molecule has 0 aromatic heterocycles. The third-order valence-electron chi connectivity index (χ3n) is 3.29. The Labute approximate surface area is 95.6 Å². The number of ether oxygens (including phenoxy) is 1. The van der Waals surface area contributed by atoms with Crippen LogP contribution in [-0.2, 0) is 9.53 Å². The number of carbonyl (C=O) groups excluding carboxylic acids is 1. The summed E-state index contributed by atoms with van der Waals surface area (Å²) in [6, 6.07) is 0. The number of carbonyl (C=O) groups is 1. The van der Waals surface area contributed by atoms with Crippen LogP contribution in [0.3, 0.4) is 0 Å². The molecule has 0 aromatic carbocycles. The van der Waals surface area contributed by atoms with E-state index >= 15 is 0 Å². The van der Waals surface area contributed by atoms with Crippen LogP contribution in [0.1, 0.15) is 33.1 Å². The highest BCUT2D eigenvalue weighted by molar-refractivity contribution is 8.00. The van der Waals surface area contributed by atoms with Crippen molar-refractivity contribution in [1.82, 2.24) is 0 Å². The van der Waals surface area contributed by atoms with E-state index in [1.54, 1.807) is 11.8 Å².